The molecule has 0 bridgehead atoms. The van der Waals surface area contributed by atoms with Crippen molar-refractivity contribution in [3.8, 4) is 11.8 Å². The molecule has 1 amide bonds. The van der Waals surface area contributed by atoms with E-state index in [9.17, 15) is 4.79 Å². The molecule has 21 heavy (non-hydrogen) atoms. The first-order chi connectivity index (χ1) is 10.0. The van der Waals surface area contributed by atoms with Crippen molar-refractivity contribution in [1.29, 1.82) is 0 Å². The van der Waals surface area contributed by atoms with Crippen LogP contribution in [-0.4, -0.2) is 24.4 Å². The van der Waals surface area contributed by atoms with Crippen molar-refractivity contribution in [1.82, 2.24) is 4.90 Å². The van der Waals surface area contributed by atoms with Crippen LogP contribution in [0.5, 0.6) is 0 Å². The number of rotatable bonds is 3. The lowest BCUT2D eigenvalue weighted by Gasteiger charge is -2.15. The molecule has 2 aromatic rings. The first-order valence-corrected chi connectivity index (χ1v) is 7.48. The number of carbonyl (C=O) groups excluding carboxylic acids is 1. The van der Waals surface area contributed by atoms with Gasteiger partial charge in [0.15, 0.2) is 0 Å². The third kappa shape index (κ3) is 3.75. The molecule has 0 atom stereocenters. The average molecular weight is 302 g/mol. The molecule has 2 heterocycles. The topological polar surface area (TPSA) is 59.5 Å². The summed E-state index contributed by atoms with van der Waals surface area (Å²) in [5, 5.41) is 2.01. The number of nitrogens with two attached hydrogens (primary N) is 1. The molecule has 0 aliphatic heterocycles. The Morgan fingerprint density at radius 2 is 2.19 bits per heavy atom. The van der Waals surface area contributed by atoms with Gasteiger partial charge in [0.25, 0.3) is 5.91 Å². The smallest absolute Gasteiger partial charge is 0.257 e. The lowest BCUT2D eigenvalue weighted by atomic mass is 10.2. The first-order valence-electron chi connectivity index (χ1n) is 6.60. The van der Waals surface area contributed by atoms with E-state index in [-0.39, 0.29) is 5.91 Å². The fourth-order valence-electron chi connectivity index (χ4n) is 2.06. The van der Waals surface area contributed by atoms with Gasteiger partial charge in [0.05, 0.1) is 17.0 Å². The van der Waals surface area contributed by atoms with Gasteiger partial charge in [-0.05, 0) is 36.9 Å². The Labute approximate surface area is 128 Å². The van der Waals surface area contributed by atoms with Crippen molar-refractivity contribution in [2.75, 3.05) is 13.6 Å². The number of hydrogen-bond donors (Lipinski definition) is 1. The van der Waals surface area contributed by atoms with Crippen molar-refractivity contribution >= 4 is 17.2 Å². The Balaban J connectivity index is 2.07. The van der Waals surface area contributed by atoms with Crippen LogP contribution < -0.4 is 5.73 Å². The van der Waals surface area contributed by atoms with Gasteiger partial charge in [-0.25, -0.2) is 0 Å². The van der Waals surface area contributed by atoms with E-state index in [1.165, 1.54) is 0 Å². The van der Waals surface area contributed by atoms with Gasteiger partial charge in [-0.15, -0.1) is 11.3 Å². The molecule has 5 heteroatoms. The van der Waals surface area contributed by atoms with Crippen LogP contribution in [0.3, 0.4) is 0 Å². The summed E-state index contributed by atoms with van der Waals surface area (Å²) in [5.74, 6) is 7.19. The molecule has 0 aliphatic rings. The van der Waals surface area contributed by atoms with E-state index in [1.54, 1.807) is 36.3 Å². The van der Waals surface area contributed by atoms with Crippen molar-refractivity contribution in [2.45, 2.75) is 20.4 Å². The second-order valence-electron chi connectivity index (χ2n) is 4.81. The summed E-state index contributed by atoms with van der Waals surface area (Å²) >= 11 is 1.56. The molecule has 2 N–H and O–H groups in total. The van der Waals surface area contributed by atoms with Gasteiger partial charge in [0, 0.05) is 13.6 Å². The molecule has 0 unspecified atom stereocenters. The third-order valence-electron chi connectivity index (χ3n) is 3.01. The quantitative estimate of drug-likeness (QED) is 0.886. The standard InChI is InChI=1S/C16H18N2O2S/c1-11-7-15(12(2)20-11)16(19)18(3)9-13-8-14(21-10-13)5-4-6-17/h7-8,10H,6,9,17H2,1-3H3. The fraction of sp³-hybridized carbons (Fsp3) is 0.312. The van der Waals surface area contributed by atoms with Crippen LogP contribution in [-0.2, 0) is 6.54 Å². The van der Waals surface area contributed by atoms with E-state index >= 15 is 0 Å². The molecule has 0 aromatic carbocycles. The molecule has 0 saturated carbocycles. The third-order valence-corrected chi connectivity index (χ3v) is 3.90. The largest absolute Gasteiger partial charge is 0.466 e. The van der Waals surface area contributed by atoms with E-state index in [0.29, 0.717) is 24.4 Å². The Hall–Kier alpha value is -2.03. The molecule has 4 nitrogen and oxygen atoms in total. The van der Waals surface area contributed by atoms with Crippen molar-refractivity contribution in [2.24, 2.45) is 5.73 Å². The summed E-state index contributed by atoms with van der Waals surface area (Å²) in [4.78, 5) is 15.0. The Morgan fingerprint density at radius 3 is 2.81 bits per heavy atom. The van der Waals surface area contributed by atoms with Crippen LogP contribution in [0.25, 0.3) is 0 Å². The lowest BCUT2D eigenvalue weighted by Crippen LogP contribution is -2.26. The van der Waals surface area contributed by atoms with Gasteiger partial charge >= 0.3 is 0 Å². The van der Waals surface area contributed by atoms with Crippen LogP contribution in [0.2, 0.25) is 0 Å². The van der Waals surface area contributed by atoms with Crippen molar-refractivity contribution in [3.63, 3.8) is 0 Å². The number of hydrogen-bond acceptors (Lipinski definition) is 4. The summed E-state index contributed by atoms with van der Waals surface area (Å²) in [6.07, 6.45) is 0. The van der Waals surface area contributed by atoms with Gasteiger partial charge in [0.2, 0.25) is 0 Å². The zero-order valence-electron chi connectivity index (χ0n) is 12.4. The van der Waals surface area contributed by atoms with Crippen LogP contribution in [0, 0.1) is 25.7 Å². The highest BCUT2D eigenvalue weighted by Gasteiger charge is 2.18. The minimum Gasteiger partial charge on any atom is -0.466 e. The van der Waals surface area contributed by atoms with E-state index in [2.05, 4.69) is 11.8 Å². The van der Waals surface area contributed by atoms with Crippen LogP contribution >= 0.6 is 11.3 Å². The SMILES string of the molecule is Cc1cc(C(=O)N(C)Cc2csc(C#CCN)c2)c(C)o1. The zero-order valence-corrected chi connectivity index (χ0v) is 13.2. The van der Waals surface area contributed by atoms with Gasteiger partial charge in [-0.2, -0.15) is 0 Å². The monoisotopic (exact) mass is 302 g/mol. The maximum atomic E-state index is 12.4. The highest BCUT2D eigenvalue weighted by Crippen LogP contribution is 2.19. The van der Waals surface area contributed by atoms with Crippen LogP contribution in [0.15, 0.2) is 21.9 Å². The molecule has 0 saturated heterocycles. The van der Waals surface area contributed by atoms with E-state index in [4.69, 9.17) is 10.2 Å². The zero-order chi connectivity index (χ0) is 15.4. The van der Waals surface area contributed by atoms with Crippen molar-refractivity contribution < 1.29 is 9.21 Å². The molecular weight excluding hydrogens is 284 g/mol. The van der Waals surface area contributed by atoms with Gasteiger partial charge in [-0.1, -0.05) is 11.8 Å². The predicted octanol–water partition coefficient (Wildman–Crippen LogP) is 2.54. The highest BCUT2D eigenvalue weighted by atomic mass is 32.1. The molecule has 0 fully saturated rings. The van der Waals surface area contributed by atoms with Gasteiger partial charge < -0.3 is 15.1 Å². The number of furan rings is 1. The molecule has 0 aliphatic carbocycles. The molecule has 0 spiro atoms. The number of thiophene rings is 1. The molecule has 0 radical (unpaired) electrons. The average Bonchev–Trinajstić information content (AvgIpc) is 3.02. The van der Waals surface area contributed by atoms with E-state index < -0.39 is 0 Å². The highest BCUT2D eigenvalue weighted by molar-refractivity contribution is 7.10. The number of amides is 1. The Kier molecular flexibility index (Phi) is 4.84. The van der Waals surface area contributed by atoms with E-state index in [1.807, 2.05) is 18.4 Å². The summed E-state index contributed by atoms with van der Waals surface area (Å²) in [6, 6.07) is 3.77. The Bertz CT molecular complexity index is 703. The number of carbonyl (C=O) groups is 1. The molecule has 2 rings (SSSR count). The first kappa shape index (κ1) is 15.4. The minimum absolute atomic E-state index is 0.0369. The molecular formula is C16H18N2O2S. The maximum absolute atomic E-state index is 12.4. The number of aryl methyl sites for hydroxylation is 2. The summed E-state index contributed by atoms with van der Waals surface area (Å²) in [5.41, 5.74) is 7.04. The fourth-order valence-corrected chi connectivity index (χ4v) is 2.83. The van der Waals surface area contributed by atoms with Gasteiger partial charge in [-0.3, -0.25) is 4.79 Å². The van der Waals surface area contributed by atoms with Crippen molar-refractivity contribution in [3.05, 3.63) is 45.0 Å². The van der Waals surface area contributed by atoms with Crippen LogP contribution in [0.4, 0.5) is 0 Å². The maximum Gasteiger partial charge on any atom is 0.257 e. The number of nitrogens with zero attached hydrogens (tertiary/aromatic N) is 1. The minimum atomic E-state index is -0.0369. The molecule has 110 valence electrons. The van der Waals surface area contributed by atoms with Crippen LogP contribution in [0.1, 0.15) is 32.3 Å². The van der Waals surface area contributed by atoms with Gasteiger partial charge in [0.1, 0.15) is 11.5 Å². The second-order valence-corrected chi connectivity index (χ2v) is 5.72. The molecule has 2 aromatic heterocycles. The Morgan fingerprint density at radius 1 is 1.43 bits per heavy atom. The summed E-state index contributed by atoms with van der Waals surface area (Å²) in [7, 11) is 1.78. The lowest BCUT2D eigenvalue weighted by molar-refractivity contribution is 0.0783. The van der Waals surface area contributed by atoms with E-state index in [0.717, 1.165) is 16.2 Å². The summed E-state index contributed by atoms with van der Waals surface area (Å²) in [6.45, 7) is 4.54. The summed E-state index contributed by atoms with van der Waals surface area (Å²) < 4.78 is 5.41. The second kappa shape index (κ2) is 6.61. The predicted molar refractivity (Wildman–Crippen MR) is 84.2 cm³/mol. The normalized spacial score (nSPS) is 10.1.